The number of benzene rings is 4. The summed E-state index contributed by atoms with van der Waals surface area (Å²) >= 11 is 0. The van der Waals surface area contributed by atoms with E-state index in [1.54, 1.807) is 14.2 Å². The van der Waals surface area contributed by atoms with Gasteiger partial charge in [-0.05, 0) is 149 Å². The number of aliphatic carboxylic acids is 2. The predicted octanol–water partition coefficient (Wildman–Crippen LogP) is 11.7. The number of carbonyl (C=O) groups is 2. The predicted molar refractivity (Wildman–Crippen MR) is 276 cm³/mol. The lowest BCUT2D eigenvalue weighted by molar-refractivity contribution is -0.140. The lowest BCUT2D eigenvalue weighted by Gasteiger charge is -2.35. The standard InChI is InChI=1S/C60H70N4O8/c1-57(2,3)53(69-8)46-25-37(35-72-42-19-17-39-13-11-23-60(49(39)27-42)29-51(60)56(67)68)15-21-44(46)47-33-64(7)62-52(47)30-58(4,5)54(70-9)45-24-36(14-20-43(45)40-31-61-63(6)32-40)34-71-41-18-16-38-12-10-22-59(48(38)26-41)28-50(59)55(65)66/h14-21,24-27,31-33,50-51,53-54H,10-13,22-23,28-30,34-35H2,1-9H3,(H,65,66)(H,67,68). The zero-order valence-corrected chi connectivity index (χ0v) is 43.4. The summed E-state index contributed by atoms with van der Waals surface area (Å²) in [6.07, 6.45) is 13.1. The molecule has 2 heterocycles. The number of aromatic nitrogens is 4. The number of methoxy groups -OCH3 is 2. The lowest BCUT2D eigenvalue weighted by atomic mass is 9.75. The van der Waals surface area contributed by atoms with E-state index in [0.717, 1.165) is 111 Å². The molecule has 10 rings (SSSR count). The molecule has 72 heavy (non-hydrogen) atoms. The summed E-state index contributed by atoms with van der Waals surface area (Å²) in [5.74, 6) is -0.567. The van der Waals surface area contributed by atoms with Gasteiger partial charge in [-0.2, -0.15) is 10.2 Å². The number of ether oxygens (including phenoxy) is 4. The van der Waals surface area contributed by atoms with Crippen molar-refractivity contribution in [2.45, 2.75) is 129 Å². The molecule has 0 amide bonds. The van der Waals surface area contributed by atoms with Crippen molar-refractivity contribution in [3.8, 4) is 33.8 Å². The van der Waals surface area contributed by atoms with E-state index >= 15 is 0 Å². The molecule has 6 unspecified atom stereocenters. The molecule has 0 saturated heterocycles. The maximum Gasteiger partial charge on any atom is 0.307 e. The van der Waals surface area contributed by atoms with E-state index < -0.39 is 17.4 Å². The highest BCUT2D eigenvalue weighted by Crippen LogP contribution is 2.62. The van der Waals surface area contributed by atoms with Gasteiger partial charge in [-0.25, -0.2) is 0 Å². The van der Waals surface area contributed by atoms with Crippen molar-refractivity contribution in [2.24, 2.45) is 36.8 Å². The third-order valence-electron chi connectivity index (χ3n) is 16.5. The van der Waals surface area contributed by atoms with Crippen LogP contribution in [0.25, 0.3) is 22.3 Å². The van der Waals surface area contributed by atoms with Gasteiger partial charge in [0, 0.05) is 74.5 Å². The molecule has 12 heteroatoms. The van der Waals surface area contributed by atoms with E-state index in [4.69, 9.17) is 24.0 Å². The van der Waals surface area contributed by atoms with Crippen LogP contribution in [-0.4, -0.2) is 55.9 Å². The molecule has 6 atom stereocenters. The van der Waals surface area contributed by atoms with E-state index in [9.17, 15) is 19.8 Å². The molecule has 2 spiro atoms. The molecule has 4 aliphatic rings. The Morgan fingerprint density at radius 3 is 1.68 bits per heavy atom. The fourth-order valence-corrected chi connectivity index (χ4v) is 13.0. The van der Waals surface area contributed by atoms with E-state index in [2.05, 4.69) is 107 Å². The minimum atomic E-state index is -0.708. The van der Waals surface area contributed by atoms with Crippen LogP contribution in [0.4, 0.5) is 0 Å². The van der Waals surface area contributed by atoms with Crippen LogP contribution in [-0.2, 0) is 76.5 Å². The van der Waals surface area contributed by atoms with Gasteiger partial charge in [-0.3, -0.25) is 19.0 Å². The molecule has 2 fully saturated rings. The largest absolute Gasteiger partial charge is 0.489 e. The summed E-state index contributed by atoms with van der Waals surface area (Å²) in [5.41, 5.74) is 12.6. The van der Waals surface area contributed by atoms with Crippen molar-refractivity contribution in [1.82, 2.24) is 19.6 Å². The second-order valence-electron chi connectivity index (χ2n) is 23.1. The Morgan fingerprint density at radius 1 is 0.681 bits per heavy atom. The lowest BCUT2D eigenvalue weighted by Crippen LogP contribution is -2.27. The third kappa shape index (κ3) is 9.14. The molecule has 4 aliphatic carbocycles. The van der Waals surface area contributed by atoms with Crippen molar-refractivity contribution >= 4 is 11.9 Å². The van der Waals surface area contributed by atoms with Crippen molar-refractivity contribution in [3.05, 3.63) is 142 Å². The first-order valence-corrected chi connectivity index (χ1v) is 25.7. The molecule has 0 bridgehead atoms. The number of hydrogen-bond acceptors (Lipinski definition) is 8. The highest BCUT2D eigenvalue weighted by Gasteiger charge is 2.61. The second kappa shape index (κ2) is 18.7. The van der Waals surface area contributed by atoms with Gasteiger partial charge in [-0.15, -0.1) is 0 Å². The van der Waals surface area contributed by atoms with Gasteiger partial charge in [0.15, 0.2) is 0 Å². The summed E-state index contributed by atoms with van der Waals surface area (Å²) in [7, 11) is 7.45. The molecule has 378 valence electrons. The number of carboxylic acids is 2. The fourth-order valence-electron chi connectivity index (χ4n) is 13.0. The van der Waals surface area contributed by atoms with E-state index in [0.29, 0.717) is 32.5 Å². The Balaban J connectivity index is 0.936. The molecule has 4 aromatic carbocycles. The highest BCUT2D eigenvalue weighted by molar-refractivity contribution is 5.79. The van der Waals surface area contributed by atoms with Crippen LogP contribution in [0.2, 0.25) is 0 Å². The number of hydrogen-bond donors (Lipinski definition) is 2. The minimum Gasteiger partial charge on any atom is -0.489 e. The second-order valence-corrected chi connectivity index (χ2v) is 23.1. The first-order chi connectivity index (χ1) is 34.3. The van der Waals surface area contributed by atoms with Crippen LogP contribution in [0, 0.1) is 22.7 Å². The van der Waals surface area contributed by atoms with E-state index in [1.165, 1.54) is 11.1 Å². The molecule has 0 aliphatic heterocycles. The first kappa shape index (κ1) is 49.3. The van der Waals surface area contributed by atoms with E-state index in [-0.39, 0.29) is 40.3 Å². The number of carboxylic acid groups (broad SMARTS) is 2. The molecule has 2 aromatic heterocycles. The van der Waals surface area contributed by atoms with Crippen LogP contribution in [0.1, 0.15) is 136 Å². The number of aryl methyl sites for hydroxylation is 4. The van der Waals surface area contributed by atoms with Gasteiger partial charge in [0.25, 0.3) is 0 Å². The van der Waals surface area contributed by atoms with Gasteiger partial charge < -0.3 is 29.2 Å². The maximum absolute atomic E-state index is 12.1. The summed E-state index contributed by atoms with van der Waals surface area (Å²) in [6, 6.07) is 25.5. The average Bonchev–Trinajstić information content (AvgIpc) is 4.15. The fraction of sp³-hybridized carbons (Fsp3) is 0.467. The Bertz CT molecular complexity index is 3050. The van der Waals surface area contributed by atoms with Gasteiger partial charge in [0.2, 0.25) is 0 Å². The van der Waals surface area contributed by atoms with Crippen molar-refractivity contribution in [1.29, 1.82) is 0 Å². The molecule has 2 N–H and O–H groups in total. The number of nitrogens with zero attached hydrogens (tertiary/aromatic N) is 4. The van der Waals surface area contributed by atoms with Gasteiger partial charge in [0.05, 0.1) is 35.9 Å². The first-order valence-electron chi connectivity index (χ1n) is 25.7. The zero-order valence-electron chi connectivity index (χ0n) is 43.4. The maximum atomic E-state index is 12.1. The van der Waals surface area contributed by atoms with Crippen molar-refractivity contribution < 1.29 is 38.7 Å². The summed E-state index contributed by atoms with van der Waals surface area (Å²) in [4.78, 5) is 24.2. The van der Waals surface area contributed by atoms with Crippen LogP contribution in [0.3, 0.4) is 0 Å². The van der Waals surface area contributed by atoms with Crippen LogP contribution < -0.4 is 9.47 Å². The van der Waals surface area contributed by atoms with Gasteiger partial charge >= 0.3 is 11.9 Å². The van der Waals surface area contributed by atoms with Crippen molar-refractivity contribution in [2.75, 3.05) is 14.2 Å². The quantitative estimate of drug-likeness (QED) is 0.0905. The topological polar surface area (TPSA) is 147 Å². The highest BCUT2D eigenvalue weighted by atomic mass is 16.5. The molecule has 12 nitrogen and oxygen atoms in total. The molecule has 2 saturated carbocycles. The van der Waals surface area contributed by atoms with Crippen LogP contribution in [0.5, 0.6) is 11.5 Å². The molecular weight excluding hydrogens is 905 g/mol. The van der Waals surface area contributed by atoms with Gasteiger partial charge in [0.1, 0.15) is 24.7 Å². The SMILES string of the molecule is COC(c1cc(COc2ccc3c(c2)C2(CCC3)CC2C(=O)O)ccc1-c1cn(C)nc1CC(C)(C)C(OC)c1cc(COc2ccc3c(c2)C2(CCC3)CC2C(=O)O)ccc1-c1cnn(C)c1)C(C)(C)C. The number of fused-ring (bicyclic) bond motifs is 4. The van der Waals surface area contributed by atoms with Crippen LogP contribution >= 0.6 is 0 Å². The molecule has 0 radical (unpaired) electrons. The molecule has 6 aromatic rings. The Kier molecular flexibility index (Phi) is 12.8. The Hall–Kier alpha value is -6.24. The Labute approximate surface area is 423 Å². The van der Waals surface area contributed by atoms with Gasteiger partial charge in [-0.1, -0.05) is 71.0 Å². The monoisotopic (exact) mass is 975 g/mol. The van der Waals surface area contributed by atoms with E-state index in [1.807, 2.05) is 48.0 Å². The smallest absolute Gasteiger partial charge is 0.307 e. The summed E-state index contributed by atoms with van der Waals surface area (Å²) < 4.78 is 29.7. The zero-order chi connectivity index (χ0) is 50.9. The van der Waals surface area contributed by atoms with Crippen LogP contribution in [0.15, 0.2) is 91.4 Å². The summed E-state index contributed by atoms with van der Waals surface area (Å²) in [6.45, 7) is 11.7. The summed E-state index contributed by atoms with van der Waals surface area (Å²) in [5, 5.41) is 29.5. The normalized spacial score (nSPS) is 22.0. The Morgan fingerprint density at radius 2 is 1.21 bits per heavy atom. The van der Waals surface area contributed by atoms with Crippen molar-refractivity contribution in [3.63, 3.8) is 0 Å². The molecular formula is C60H70N4O8. The minimum absolute atomic E-state index is 0.246. The average molecular weight is 975 g/mol. The third-order valence-corrected chi connectivity index (χ3v) is 16.5. The number of rotatable bonds is 17.